The van der Waals surface area contributed by atoms with E-state index in [1.807, 2.05) is 0 Å². The Hall–Kier alpha value is -4.11. The molecule has 9 unspecified atom stereocenters. The summed E-state index contributed by atoms with van der Waals surface area (Å²) in [5.41, 5.74) is 0. The van der Waals surface area contributed by atoms with Crippen LogP contribution in [0.3, 0.4) is 0 Å². The summed E-state index contributed by atoms with van der Waals surface area (Å²) < 4.78 is 39.5. The van der Waals surface area contributed by atoms with Crippen LogP contribution >= 0.6 is 0 Å². The maximum atomic E-state index is 11.4. The van der Waals surface area contributed by atoms with Crippen molar-refractivity contribution in [3.8, 4) is 0 Å². The number of carbonyl (C=O) groups excluding carboxylic acids is 7. The second kappa shape index (κ2) is 22.4. The number of hydrogen-bond acceptors (Lipinski definition) is 18. The predicted octanol–water partition coefficient (Wildman–Crippen LogP) is -2.16. The summed E-state index contributed by atoms with van der Waals surface area (Å²) in [5.74, 6) is -3.05. The van der Waals surface area contributed by atoms with Gasteiger partial charge in [-0.05, 0) is 13.8 Å². The van der Waals surface area contributed by atoms with E-state index < -0.39 is 97.8 Å². The number of carbonyl (C=O) groups is 7. The van der Waals surface area contributed by atoms with Crippen LogP contribution in [0, 0.1) is 0 Å². The number of esters is 4. The number of aldehydes is 1. The van der Waals surface area contributed by atoms with Crippen LogP contribution in [-0.4, -0.2) is 146 Å². The fourth-order valence-corrected chi connectivity index (χ4v) is 3.80. The van der Waals surface area contributed by atoms with Gasteiger partial charge in [-0.15, -0.1) is 0 Å². The van der Waals surface area contributed by atoms with E-state index in [0.717, 1.165) is 27.7 Å². The number of aliphatic hydroxyl groups excluding tert-OH is 3. The Labute approximate surface area is 270 Å². The zero-order valence-corrected chi connectivity index (χ0v) is 27.1. The van der Waals surface area contributed by atoms with Gasteiger partial charge >= 0.3 is 36.1 Å². The Kier molecular flexibility index (Phi) is 20.5. The molecule has 0 aromatic carbocycles. The molecule has 2 amide bonds. The quantitative estimate of drug-likeness (QED) is 0.0698. The molecule has 0 aromatic rings. The maximum Gasteiger partial charge on any atom is 0.407 e. The molecular weight excluding hydrogens is 640 g/mol. The van der Waals surface area contributed by atoms with Crippen LogP contribution in [0.25, 0.3) is 0 Å². The molecule has 270 valence electrons. The van der Waals surface area contributed by atoms with Gasteiger partial charge in [0, 0.05) is 47.9 Å². The Bertz CT molecular complexity index is 1040. The third-order valence-electron chi connectivity index (χ3n) is 5.65. The highest BCUT2D eigenvalue weighted by Gasteiger charge is 2.49. The Morgan fingerprint density at radius 3 is 1.77 bits per heavy atom. The summed E-state index contributed by atoms with van der Waals surface area (Å²) in [4.78, 5) is 77.9. The van der Waals surface area contributed by atoms with Crippen molar-refractivity contribution in [2.24, 2.45) is 0 Å². The third kappa shape index (κ3) is 16.3. The SMILES string of the molecule is CCNC(=O)OCC(O)C(OC(C)=O)C(O)C(C=O)OC(C)=O.CCNC(=O)OCC1OC(OC)C(OC(C)=O)C(O)C1OC(C)=O. The molecule has 1 heterocycles. The van der Waals surface area contributed by atoms with E-state index in [-0.39, 0.29) is 12.9 Å². The Morgan fingerprint density at radius 2 is 1.32 bits per heavy atom. The molecule has 5 N–H and O–H groups in total. The molecule has 0 aliphatic carbocycles. The molecule has 1 fully saturated rings. The van der Waals surface area contributed by atoms with Gasteiger partial charge in [-0.25, -0.2) is 9.59 Å². The van der Waals surface area contributed by atoms with Crippen molar-refractivity contribution >= 4 is 42.3 Å². The summed E-state index contributed by atoms with van der Waals surface area (Å²) in [5, 5.41) is 35.1. The minimum Gasteiger partial charge on any atom is -0.457 e. The van der Waals surface area contributed by atoms with Crippen molar-refractivity contribution in [3.05, 3.63) is 0 Å². The number of rotatable bonds is 15. The minimum absolute atomic E-state index is 0.125. The van der Waals surface area contributed by atoms with E-state index in [0.29, 0.717) is 13.1 Å². The topological polar surface area (TPSA) is 278 Å². The van der Waals surface area contributed by atoms with Gasteiger partial charge in [0.05, 0.1) is 0 Å². The summed E-state index contributed by atoms with van der Waals surface area (Å²) in [6.45, 7) is 7.45. The van der Waals surface area contributed by atoms with Crippen molar-refractivity contribution in [1.29, 1.82) is 0 Å². The molecule has 1 rings (SSSR count). The van der Waals surface area contributed by atoms with Gasteiger partial charge in [0.25, 0.3) is 0 Å². The van der Waals surface area contributed by atoms with Gasteiger partial charge in [0.1, 0.15) is 37.6 Å². The molecule has 0 radical (unpaired) electrons. The molecule has 0 bridgehead atoms. The third-order valence-corrected chi connectivity index (χ3v) is 5.65. The average Bonchev–Trinajstić information content (AvgIpc) is 2.98. The molecule has 0 saturated carbocycles. The highest BCUT2D eigenvalue weighted by atomic mass is 16.7. The first-order valence-electron chi connectivity index (χ1n) is 14.2. The monoisotopic (exact) mass is 684 g/mol. The molecule has 1 aliphatic heterocycles. The fraction of sp³-hybridized carbons (Fsp3) is 0.741. The maximum absolute atomic E-state index is 11.4. The molecule has 47 heavy (non-hydrogen) atoms. The summed E-state index contributed by atoms with van der Waals surface area (Å²) in [6.07, 6.45) is -14.1. The summed E-state index contributed by atoms with van der Waals surface area (Å²) >= 11 is 0. The van der Waals surface area contributed by atoms with Crippen LogP contribution in [-0.2, 0) is 61.9 Å². The molecule has 0 aromatic heterocycles. The predicted molar refractivity (Wildman–Crippen MR) is 152 cm³/mol. The highest BCUT2D eigenvalue weighted by Crippen LogP contribution is 2.27. The lowest BCUT2D eigenvalue weighted by Crippen LogP contribution is -2.61. The Balaban J connectivity index is 0.000000902. The number of aliphatic hydroxyl groups is 3. The van der Waals surface area contributed by atoms with Crippen LogP contribution in [0.4, 0.5) is 9.59 Å². The van der Waals surface area contributed by atoms with Crippen LogP contribution in [0.1, 0.15) is 41.5 Å². The zero-order valence-electron chi connectivity index (χ0n) is 27.1. The first-order valence-corrected chi connectivity index (χ1v) is 14.2. The summed E-state index contributed by atoms with van der Waals surface area (Å²) in [6, 6.07) is 0. The lowest BCUT2D eigenvalue weighted by atomic mass is 9.98. The molecule has 20 heteroatoms. The highest BCUT2D eigenvalue weighted by molar-refractivity contribution is 5.71. The first-order chi connectivity index (χ1) is 22.0. The van der Waals surface area contributed by atoms with Crippen molar-refractivity contribution in [1.82, 2.24) is 10.6 Å². The van der Waals surface area contributed by atoms with Crippen molar-refractivity contribution in [3.63, 3.8) is 0 Å². The number of ether oxygens (including phenoxy) is 8. The number of hydrogen-bond donors (Lipinski definition) is 5. The van der Waals surface area contributed by atoms with E-state index in [1.165, 1.54) is 7.11 Å². The molecule has 1 saturated heterocycles. The second-order valence-electron chi connectivity index (χ2n) is 9.52. The van der Waals surface area contributed by atoms with E-state index in [9.17, 15) is 48.9 Å². The standard InChI is InChI=1S/C14H23NO9.C13H21NO9/c1-5-15-14(19)21-6-9-11(22-7(2)16)10(18)12(23-8(3)17)13(20-4)24-9;1-4-14-13(20)21-6-9(18)12(23-8(3)17)11(19)10(5-15)22-7(2)16/h9-13,18H,5-6H2,1-4H3,(H,15,19);5,9-12,18-19H,4,6H2,1-3H3,(H,14,20). The van der Waals surface area contributed by atoms with Gasteiger partial charge in [0.2, 0.25) is 0 Å². The van der Waals surface area contributed by atoms with Crippen LogP contribution in [0.2, 0.25) is 0 Å². The minimum atomic E-state index is -1.84. The summed E-state index contributed by atoms with van der Waals surface area (Å²) in [7, 11) is 1.29. The van der Waals surface area contributed by atoms with Gasteiger partial charge < -0.3 is 63.8 Å². The largest absolute Gasteiger partial charge is 0.457 e. The second-order valence-corrected chi connectivity index (χ2v) is 9.52. The Morgan fingerprint density at radius 1 is 0.809 bits per heavy atom. The number of methoxy groups -OCH3 is 1. The van der Waals surface area contributed by atoms with E-state index >= 15 is 0 Å². The molecule has 9 atom stereocenters. The normalized spacial score (nSPS) is 22.6. The van der Waals surface area contributed by atoms with Gasteiger partial charge in [-0.3, -0.25) is 24.0 Å². The number of nitrogens with one attached hydrogen (secondary N) is 2. The number of amides is 2. The smallest absolute Gasteiger partial charge is 0.407 e. The van der Waals surface area contributed by atoms with Crippen molar-refractivity contribution in [2.75, 3.05) is 33.4 Å². The van der Waals surface area contributed by atoms with Crippen molar-refractivity contribution in [2.45, 2.75) is 96.7 Å². The van der Waals surface area contributed by atoms with E-state index in [2.05, 4.69) is 20.1 Å². The van der Waals surface area contributed by atoms with Gasteiger partial charge in [0.15, 0.2) is 37.0 Å². The van der Waals surface area contributed by atoms with E-state index in [1.54, 1.807) is 13.8 Å². The van der Waals surface area contributed by atoms with Crippen LogP contribution < -0.4 is 10.6 Å². The molecule has 1 aliphatic rings. The van der Waals surface area contributed by atoms with Gasteiger partial charge in [-0.1, -0.05) is 0 Å². The molecular formula is C27H44N2O18. The van der Waals surface area contributed by atoms with Gasteiger partial charge in [-0.2, -0.15) is 0 Å². The fourth-order valence-electron chi connectivity index (χ4n) is 3.80. The zero-order chi connectivity index (χ0) is 36.3. The average molecular weight is 685 g/mol. The molecule has 20 nitrogen and oxygen atoms in total. The first kappa shape index (κ1) is 42.9. The van der Waals surface area contributed by atoms with E-state index in [4.69, 9.17) is 28.4 Å². The van der Waals surface area contributed by atoms with Crippen molar-refractivity contribution < 1.29 is 86.8 Å². The lowest BCUT2D eigenvalue weighted by molar-refractivity contribution is -0.299. The van der Waals surface area contributed by atoms with Crippen LogP contribution in [0.5, 0.6) is 0 Å². The van der Waals surface area contributed by atoms with Crippen LogP contribution in [0.15, 0.2) is 0 Å². The number of alkyl carbamates (subject to hydrolysis) is 2. The lowest BCUT2D eigenvalue weighted by Gasteiger charge is -2.42. The molecule has 0 spiro atoms.